The van der Waals surface area contributed by atoms with Gasteiger partial charge in [0.05, 0.1) is 18.8 Å². The Morgan fingerprint density at radius 1 is 1.56 bits per heavy atom. The van der Waals surface area contributed by atoms with Gasteiger partial charge in [-0.2, -0.15) is 4.98 Å². The third-order valence-electron chi connectivity index (χ3n) is 3.38. The number of nitrogens with zero attached hydrogens (tertiary/aromatic N) is 3. The molecule has 100 valence electrons. The first-order valence-electron chi connectivity index (χ1n) is 6.55. The van der Waals surface area contributed by atoms with Crippen molar-refractivity contribution < 1.29 is 4.74 Å². The standard InChI is InChI=1S/C13H22N4O/c1-5-11-8-18-10(3)7-17(11)12-9(2)6-15-13(14-4)16-12/h6,10-11H,5,7-8H2,1-4H3,(H,14,15,16). The van der Waals surface area contributed by atoms with Crippen molar-refractivity contribution in [1.82, 2.24) is 9.97 Å². The van der Waals surface area contributed by atoms with Crippen molar-refractivity contribution in [3.63, 3.8) is 0 Å². The Morgan fingerprint density at radius 3 is 3.00 bits per heavy atom. The highest BCUT2D eigenvalue weighted by Gasteiger charge is 2.27. The molecule has 0 spiro atoms. The Labute approximate surface area is 109 Å². The number of hydrogen-bond acceptors (Lipinski definition) is 5. The van der Waals surface area contributed by atoms with Crippen LogP contribution in [0.4, 0.5) is 11.8 Å². The molecule has 1 N–H and O–H groups in total. The summed E-state index contributed by atoms with van der Waals surface area (Å²) in [5.74, 6) is 1.70. The maximum Gasteiger partial charge on any atom is 0.224 e. The van der Waals surface area contributed by atoms with Crippen LogP contribution >= 0.6 is 0 Å². The maximum absolute atomic E-state index is 5.73. The van der Waals surface area contributed by atoms with Crippen molar-refractivity contribution in [1.29, 1.82) is 0 Å². The van der Waals surface area contributed by atoms with Crippen LogP contribution in [0.5, 0.6) is 0 Å². The average molecular weight is 250 g/mol. The van der Waals surface area contributed by atoms with Gasteiger partial charge in [0.1, 0.15) is 5.82 Å². The van der Waals surface area contributed by atoms with Crippen molar-refractivity contribution in [2.24, 2.45) is 0 Å². The first kappa shape index (κ1) is 13.1. The van der Waals surface area contributed by atoms with E-state index < -0.39 is 0 Å². The van der Waals surface area contributed by atoms with Crippen molar-refractivity contribution in [2.75, 3.05) is 30.4 Å². The van der Waals surface area contributed by atoms with Gasteiger partial charge < -0.3 is 15.0 Å². The molecule has 1 saturated heterocycles. The summed E-state index contributed by atoms with van der Waals surface area (Å²) in [4.78, 5) is 11.2. The van der Waals surface area contributed by atoms with Crippen LogP contribution in [0.2, 0.25) is 0 Å². The zero-order valence-electron chi connectivity index (χ0n) is 11.6. The number of morpholine rings is 1. The number of ether oxygens (including phenoxy) is 1. The number of aryl methyl sites for hydroxylation is 1. The molecular weight excluding hydrogens is 228 g/mol. The zero-order valence-corrected chi connectivity index (χ0v) is 11.6. The van der Waals surface area contributed by atoms with Gasteiger partial charge in [0.2, 0.25) is 5.95 Å². The van der Waals surface area contributed by atoms with Crippen molar-refractivity contribution in [3.05, 3.63) is 11.8 Å². The second-order valence-corrected chi connectivity index (χ2v) is 4.81. The third kappa shape index (κ3) is 2.56. The maximum atomic E-state index is 5.73. The van der Waals surface area contributed by atoms with Gasteiger partial charge in [-0.3, -0.25) is 0 Å². The fourth-order valence-electron chi connectivity index (χ4n) is 2.29. The minimum Gasteiger partial charge on any atom is -0.375 e. The highest BCUT2D eigenvalue weighted by molar-refractivity contribution is 5.50. The molecule has 0 bridgehead atoms. The Kier molecular flexibility index (Phi) is 4.01. The van der Waals surface area contributed by atoms with Crippen LogP contribution in [-0.2, 0) is 4.74 Å². The summed E-state index contributed by atoms with van der Waals surface area (Å²) in [5.41, 5.74) is 1.11. The van der Waals surface area contributed by atoms with E-state index in [0.717, 1.165) is 31.0 Å². The zero-order chi connectivity index (χ0) is 13.1. The van der Waals surface area contributed by atoms with Gasteiger partial charge in [0.15, 0.2) is 0 Å². The largest absolute Gasteiger partial charge is 0.375 e. The van der Waals surface area contributed by atoms with Crippen molar-refractivity contribution >= 4 is 11.8 Å². The number of anilines is 2. The molecule has 1 aliphatic rings. The summed E-state index contributed by atoms with van der Waals surface area (Å²) in [6, 6.07) is 0.402. The minimum absolute atomic E-state index is 0.250. The highest BCUT2D eigenvalue weighted by Crippen LogP contribution is 2.25. The van der Waals surface area contributed by atoms with E-state index in [1.54, 1.807) is 0 Å². The molecule has 1 aromatic rings. The quantitative estimate of drug-likeness (QED) is 0.887. The second-order valence-electron chi connectivity index (χ2n) is 4.81. The predicted molar refractivity (Wildman–Crippen MR) is 73.2 cm³/mol. The SMILES string of the molecule is CCC1COC(C)CN1c1nc(NC)ncc1C. The van der Waals surface area contributed by atoms with Crippen LogP contribution < -0.4 is 10.2 Å². The first-order chi connectivity index (χ1) is 8.65. The van der Waals surface area contributed by atoms with E-state index in [2.05, 4.69) is 41.0 Å². The van der Waals surface area contributed by atoms with Crippen molar-refractivity contribution in [2.45, 2.75) is 39.3 Å². The number of nitrogens with one attached hydrogen (secondary N) is 1. The molecule has 5 heteroatoms. The Hall–Kier alpha value is -1.36. The van der Waals surface area contributed by atoms with E-state index in [1.807, 2.05) is 13.2 Å². The lowest BCUT2D eigenvalue weighted by molar-refractivity contribution is 0.0296. The highest BCUT2D eigenvalue weighted by atomic mass is 16.5. The summed E-state index contributed by atoms with van der Waals surface area (Å²) in [7, 11) is 1.84. The normalized spacial score (nSPS) is 24.1. The van der Waals surface area contributed by atoms with Crippen LogP contribution in [0, 0.1) is 6.92 Å². The lowest BCUT2D eigenvalue weighted by Gasteiger charge is -2.39. The van der Waals surface area contributed by atoms with Crippen LogP contribution in [0.15, 0.2) is 6.20 Å². The average Bonchev–Trinajstić information content (AvgIpc) is 2.39. The van der Waals surface area contributed by atoms with E-state index in [-0.39, 0.29) is 6.10 Å². The van der Waals surface area contributed by atoms with Crippen LogP contribution in [0.3, 0.4) is 0 Å². The molecule has 0 amide bonds. The number of aromatic nitrogens is 2. The fraction of sp³-hybridized carbons (Fsp3) is 0.692. The number of hydrogen-bond donors (Lipinski definition) is 1. The molecule has 2 rings (SSSR count). The van der Waals surface area contributed by atoms with E-state index in [9.17, 15) is 0 Å². The Bertz CT molecular complexity index is 410. The lowest BCUT2D eigenvalue weighted by Crippen LogP contribution is -2.49. The molecule has 1 aromatic heterocycles. The fourth-order valence-corrected chi connectivity index (χ4v) is 2.29. The van der Waals surface area contributed by atoms with Gasteiger partial charge in [-0.1, -0.05) is 6.92 Å². The molecule has 0 aliphatic carbocycles. The van der Waals surface area contributed by atoms with Gasteiger partial charge in [-0.25, -0.2) is 4.98 Å². The van der Waals surface area contributed by atoms with Gasteiger partial charge >= 0.3 is 0 Å². The monoisotopic (exact) mass is 250 g/mol. The molecule has 2 atom stereocenters. The summed E-state index contributed by atoms with van der Waals surface area (Å²) >= 11 is 0. The molecule has 0 radical (unpaired) electrons. The van der Waals surface area contributed by atoms with E-state index in [4.69, 9.17) is 4.74 Å². The molecular formula is C13H22N4O. The molecule has 1 aliphatic heterocycles. The summed E-state index contributed by atoms with van der Waals surface area (Å²) in [5, 5.41) is 3.00. The first-order valence-corrected chi connectivity index (χ1v) is 6.55. The Morgan fingerprint density at radius 2 is 2.33 bits per heavy atom. The van der Waals surface area contributed by atoms with Gasteiger partial charge in [0, 0.05) is 25.4 Å². The molecule has 2 unspecified atom stereocenters. The molecule has 18 heavy (non-hydrogen) atoms. The molecule has 5 nitrogen and oxygen atoms in total. The topological polar surface area (TPSA) is 50.3 Å². The predicted octanol–water partition coefficient (Wildman–Crippen LogP) is 1.83. The van der Waals surface area contributed by atoms with Gasteiger partial charge in [0.25, 0.3) is 0 Å². The van der Waals surface area contributed by atoms with Crippen LogP contribution in [-0.4, -0.2) is 42.3 Å². The summed E-state index contributed by atoms with van der Waals surface area (Å²) < 4.78 is 5.73. The van der Waals surface area contributed by atoms with Crippen LogP contribution in [0.25, 0.3) is 0 Å². The minimum atomic E-state index is 0.250. The lowest BCUT2D eigenvalue weighted by atomic mass is 10.1. The second kappa shape index (κ2) is 5.52. The smallest absolute Gasteiger partial charge is 0.224 e. The molecule has 0 aromatic carbocycles. The molecule has 1 fully saturated rings. The van der Waals surface area contributed by atoms with Crippen molar-refractivity contribution in [3.8, 4) is 0 Å². The van der Waals surface area contributed by atoms with Crippen LogP contribution in [0.1, 0.15) is 25.8 Å². The molecule has 2 heterocycles. The van der Waals surface area contributed by atoms with E-state index in [0.29, 0.717) is 12.0 Å². The van der Waals surface area contributed by atoms with E-state index in [1.165, 1.54) is 0 Å². The van der Waals surface area contributed by atoms with E-state index >= 15 is 0 Å². The summed E-state index contributed by atoms with van der Waals surface area (Å²) in [6.45, 7) is 8.01. The molecule has 0 saturated carbocycles. The summed E-state index contributed by atoms with van der Waals surface area (Å²) in [6.07, 6.45) is 3.19. The Balaban J connectivity index is 2.32. The van der Waals surface area contributed by atoms with Gasteiger partial charge in [-0.05, 0) is 20.3 Å². The third-order valence-corrected chi connectivity index (χ3v) is 3.38. The van der Waals surface area contributed by atoms with Gasteiger partial charge in [-0.15, -0.1) is 0 Å². The number of rotatable bonds is 3.